The first-order valence-electron chi connectivity index (χ1n) is 4.65. The minimum atomic E-state index is 0.266. The van der Waals surface area contributed by atoms with Crippen LogP contribution in [0.3, 0.4) is 0 Å². The van der Waals surface area contributed by atoms with E-state index < -0.39 is 0 Å². The number of hydrogen-bond acceptors (Lipinski definition) is 4. The molecule has 0 aromatic carbocycles. The topological polar surface area (TPSA) is 56.7 Å². The molecule has 0 saturated heterocycles. The van der Waals surface area contributed by atoms with Crippen LogP contribution in [0.5, 0.6) is 0 Å². The summed E-state index contributed by atoms with van der Waals surface area (Å²) in [5.74, 6) is 1.26. The molecule has 0 fully saturated rings. The Morgan fingerprint density at radius 3 is 2.80 bits per heavy atom. The molecule has 1 heterocycles. The minimum Gasteiger partial charge on any atom is -0.368 e. The number of aromatic nitrogens is 3. The summed E-state index contributed by atoms with van der Waals surface area (Å²) in [7, 11) is 0. The van der Waals surface area contributed by atoms with Crippen LogP contribution in [0.1, 0.15) is 26.8 Å². The number of nitrogen functional groups attached to an aromatic ring is 1. The Morgan fingerprint density at radius 2 is 2.27 bits per heavy atom. The highest BCUT2D eigenvalue weighted by atomic mass is 35.5. The van der Waals surface area contributed by atoms with Crippen LogP contribution in [0.2, 0.25) is 0 Å². The van der Waals surface area contributed by atoms with E-state index in [1.807, 2.05) is 25.3 Å². The second-order valence-electron chi connectivity index (χ2n) is 3.55. The van der Waals surface area contributed by atoms with E-state index in [-0.39, 0.29) is 6.04 Å². The summed E-state index contributed by atoms with van der Waals surface area (Å²) in [5.41, 5.74) is 8.39. The van der Waals surface area contributed by atoms with E-state index in [4.69, 9.17) is 17.3 Å². The molecule has 0 saturated carbocycles. The Bertz CT molecular complexity index is 359. The SMILES string of the molecule is CC(=CCl)CSc1nnc(N)n1C(C)C. The van der Waals surface area contributed by atoms with Gasteiger partial charge in [0.25, 0.3) is 0 Å². The lowest BCUT2D eigenvalue weighted by atomic mass is 10.4. The Kier molecular flexibility index (Phi) is 4.47. The van der Waals surface area contributed by atoms with Gasteiger partial charge in [-0.3, -0.25) is 4.57 Å². The highest BCUT2D eigenvalue weighted by Gasteiger charge is 2.12. The van der Waals surface area contributed by atoms with Crippen LogP contribution in [0.4, 0.5) is 5.95 Å². The quantitative estimate of drug-likeness (QED) is 0.830. The molecular formula is C9H15ClN4S. The molecule has 2 N–H and O–H groups in total. The van der Waals surface area contributed by atoms with E-state index in [9.17, 15) is 0 Å². The zero-order chi connectivity index (χ0) is 11.4. The molecule has 0 aliphatic rings. The molecule has 1 aromatic rings. The third-order valence-corrected chi connectivity index (χ3v) is 3.33. The van der Waals surface area contributed by atoms with Crippen molar-refractivity contribution in [2.75, 3.05) is 11.5 Å². The molecule has 84 valence electrons. The predicted octanol–water partition coefficient (Wildman–Crippen LogP) is 2.68. The van der Waals surface area contributed by atoms with Crippen molar-refractivity contribution in [3.8, 4) is 0 Å². The average molecular weight is 247 g/mol. The van der Waals surface area contributed by atoms with Crippen LogP contribution in [-0.4, -0.2) is 20.5 Å². The van der Waals surface area contributed by atoms with Gasteiger partial charge < -0.3 is 5.73 Å². The van der Waals surface area contributed by atoms with Crippen molar-refractivity contribution in [2.24, 2.45) is 0 Å². The van der Waals surface area contributed by atoms with E-state index in [2.05, 4.69) is 10.2 Å². The number of nitrogens with two attached hydrogens (primary N) is 1. The molecule has 0 spiro atoms. The predicted molar refractivity (Wildman–Crippen MR) is 65.2 cm³/mol. The number of thioether (sulfide) groups is 1. The smallest absolute Gasteiger partial charge is 0.222 e. The first-order valence-corrected chi connectivity index (χ1v) is 6.07. The largest absolute Gasteiger partial charge is 0.368 e. The molecule has 0 unspecified atom stereocenters. The Labute approximate surface area is 98.9 Å². The standard InChI is InChI=1S/C9H15ClN4S/c1-6(2)14-8(11)12-13-9(14)15-5-7(3)4-10/h4,6H,5H2,1-3H3,(H2,11,12). The fraction of sp³-hybridized carbons (Fsp3) is 0.556. The number of halogens is 1. The highest BCUT2D eigenvalue weighted by Crippen LogP contribution is 2.24. The van der Waals surface area contributed by atoms with E-state index >= 15 is 0 Å². The van der Waals surface area contributed by atoms with Crippen LogP contribution >= 0.6 is 23.4 Å². The Hall–Kier alpha value is -0.680. The summed E-state index contributed by atoms with van der Waals surface area (Å²) in [6.45, 7) is 6.07. The summed E-state index contributed by atoms with van der Waals surface area (Å²) in [6, 6.07) is 0.266. The minimum absolute atomic E-state index is 0.266. The molecule has 15 heavy (non-hydrogen) atoms. The van der Waals surface area contributed by atoms with E-state index in [0.29, 0.717) is 5.95 Å². The van der Waals surface area contributed by atoms with Crippen LogP contribution in [0.15, 0.2) is 16.3 Å². The van der Waals surface area contributed by atoms with Crippen molar-refractivity contribution in [2.45, 2.75) is 32.0 Å². The van der Waals surface area contributed by atoms with Gasteiger partial charge in [0.05, 0.1) is 0 Å². The second-order valence-corrected chi connectivity index (χ2v) is 4.71. The van der Waals surface area contributed by atoms with Gasteiger partial charge in [0.15, 0.2) is 5.16 Å². The molecule has 6 heteroatoms. The maximum absolute atomic E-state index is 5.72. The van der Waals surface area contributed by atoms with E-state index in [1.165, 1.54) is 0 Å². The summed E-state index contributed by atoms with van der Waals surface area (Å²) < 4.78 is 1.91. The third-order valence-electron chi connectivity index (χ3n) is 1.82. The van der Waals surface area contributed by atoms with Crippen LogP contribution in [-0.2, 0) is 0 Å². The maximum Gasteiger partial charge on any atom is 0.222 e. The van der Waals surface area contributed by atoms with Gasteiger partial charge in [0.1, 0.15) is 0 Å². The van der Waals surface area contributed by atoms with Gasteiger partial charge in [0, 0.05) is 17.3 Å². The number of nitrogens with zero attached hydrogens (tertiary/aromatic N) is 3. The number of anilines is 1. The Balaban J connectivity index is 2.77. The molecule has 0 aliphatic carbocycles. The van der Waals surface area contributed by atoms with Gasteiger partial charge in [-0.05, 0) is 20.8 Å². The first kappa shape index (κ1) is 12.4. The highest BCUT2D eigenvalue weighted by molar-refractivity contribution is 7.99. The molecule has 0 amide bonds. The summed E-state index contributed by atoms with van der Waals surface area (Å²) >= 11 is 7.17. The van der Waals surface area contributed by atoms with Crippen LogP contribution in [0.25, 0.3) is 0 Å². The number of hydrogen-bond donors (Lipinski definition) is 1. The lowest BCUT2D eigenvalue weighted by Crippen LogP contribution is -2.07. The van der Waals surface area contributed by atoms with Crippen molar-refractivity contribution in [3.05, 3.63) is 11.1 Å². The molecule has 0 aliphatic heterocycles. The van der Waals surface area contributed by atoms with Crippen molar-refractivity contribution >= 4 is 29.3 Å². The molecule has 0 bridgehead atoms. The van der Waals surface area contributed by atoms with Gasteiger partial charge in [-0.2, -0.15) is 0 Å². The monoisotopic (exact) mass is 246 g/mol. The lowest BCUT2D eigenvalue weighted by molar-refractivity contribution is 0.557. The maximum atomic E-state index is 5.72. The van der Waals surface area contributed by atoms with Crippen LogP contribution < -0.4 is 5.73 Å². The molecule has 0 radical (unpaired) electrons. The fourth-order valence-corrected chi connectivity index (χ4v) is 2.23. The van der Waals surface area contributed by atoms with E-state index in [0.717, 1.165) is 16.5 Å². The molecule has 1 aromatic heterocycles. The van der Waals surface area contributed by atoms with Gasteiger partial charge in [0.2, 0.25) is 5.95 Å². The van der Waals surface area contributed by atoms with E-state index in [1.54, 1.807) is 17.3 Å². The van der Waals surface area contributed by atoms with Crippen LogP contribution in [0, 0.1) is 0 Å². The average Bonchev–Trinajstić information content (AvgIpc) is 2.56. The summed E-state index contributed by atoms with van der Waals surface area (Å²) in [5, 5.41) is 8.72. The zero-order valence-corrected chi connectivity index (χ0v) is 10.6. The van der Waals surface area contributed by atoms with Crippen molar-refractivity contribution in [1.82, 2.24) is 14.8 Å². The van der Waals surface area contributed by atoms with Gasteiger partial charge in [-0.1, -0.05) is 28.9 Å². The fourth-order valence-electron chi connectivity index (χ4n) is 1.08. The van der Waals surface area contributed by atoms with Crippen molar-refractivity contribution < 1.29 is 0 Å². The number of rotatable bonds is 4. The van der Waals surface area contributed by atoms with Gasteiger partial charge in [-0.15, -0.1) is 10.2 Å². The van der Waals surface area contributed by atoms with Gasteiger partial charge >= 0.3 is 0 Å². The van der Waals surface area contributed by atoms with Crippen molar-refractivity contribution in [3.63, 3.8) is 0 Å². The Morgan fingerprint density at radius 1 is 1.60 bits per heavy atom. The van der Waals surface area contributed by atoms with Gasteiger partial charge in [-0.25, -0.2) is 0 Å². The molecule has 1 rings (SSSR count). The second kappa shape index (κ2) is 5.42. The normalized spacial score (nSPS) is 12.5. The molecule has 4 nitrogen and oxygen atoms in total. The zero-order valence-electron chi connectivity index (χ0n) is 9.07. The summed E-state index contributed by atoms with van der Waals surface area (Å²) in [6.07, 6.45) is 0. The third kappa shape index (κ3) is 3.14. The molecule has 0 atom stereocenters. The lowest BCUT2D eigenvalue weighted by Gasteiger charge is -2.10. The molecular weight excluding hydrogens is 232 g/mol. The summed E-state index contributed by atoms with van der Waals surface area (Å²) in [4.78, 5) is 0. The van der Waals surface area contributed by atoms with Crippen molar-refractivity contribution in [1.29, 1.82) is 0 Å². The first-order chi connectivity index (χ1) is 7.06.